The Morgan fingerprint density at radius 2 is 2.14 bits per heavy atom. The predicted octanol–water partition coefficient (Wildman–Crippen LogP) is 2.57. The summed E-state index contributed by atoms with van der Waals surface area (Å²) in [6.07, 6.45) is 2.67. The SMILES string of the molecule is CC1CCCCN1S(=O)(=O)Nc1ccc(C(=O)O)cc1Cl. The van der Waals surface area contributed by atoms with Crippen molar-refractivity contribution in [2.45, 2.75) is 32.2 Å². The molecule has 2 N–H and O–H groups in total. The number of hydrogen-bond donors (Lipinski definition) is 2. The van der Waals surface area contributed by atoms with Crippen molar-refractivity contribution in [3.8, 4) is 0 Å². The first kappa shape index (κ1) is 16.1. The Labute approximate surface area is 128 Å². The summed E-state index contributed by atoms with van der Waals surface area (Å²) in [5.74, 6) is -1.11. The van der Waals surface area contributed by atoms with Gasteiger partial charge < -0.3 is 5.11 Å². The van der Waals surface area contributed by atoms with Crippen LogP contribution in [0, 0.1) is 0 Å². The second kappa shape index (κ2) is 6.21. The zero-order chi connectivity index (χ0) is 15.6. The summed E-state index contributed by atoms with van der Waals surface area (Å²) in [7, 11) is -3.69. The standard InChI is InChI=1S/C13H17ClN2O4S/c1-9-4-2-3-7-16(9)21(19,20)15-12-6-5-10(13(17)18)8-11(12)14/h5-6,8-9,15H,2-4,7H2,1H3,(H,17,18). The molecule has 6 nitrogen and oxygen atoms in total. The zero-order valence-corrected chi connectivity index (χ0v) is 13.1. The van der Waals surface area contributed by atoms with E-state index < -0.39 is 16.2 Å². The van der Waals surface area contributed by atoms with Crippen molar-refractivity contribution >= 4 is 33.5 Å². The van der Waals surface area contributed by atoms with Gasteiger partial charge in [0, 0.05) is 12.6 Å². The molecule has 0 saturated carbocycles. The Bertz CT molecular complexity index is 648. The van der Waals surface area contributed by atoms with Gasteiger partial charge in [0.05, 0.1) is 16.3 Å². The van der Waals surface area contributed by atoms with E-state index >= 15 is 0 Å². The molecule has 1 aromatic rings. The zero-order valence-electron chi connectivity index (χ0n) is 11.5. The molecule has 0 bridgehead atoms. The molecule has 1 aromatic carbocycles. The monoisotopic (exact) mass is 332 g/mol. The molecular formula is C13H17ClN2O4S. The second-order valence-electron chi connectivity index (χ2n) is 5.06. The molecule has 116 valence electrons. The van der Waals surface area contributed by atoms with Crippen molar-refractivity contribution < 1.29 is 18.3 Å². The summed E-state index contributed by atoms with van der Waals surface area (Å²) in [5, 5.41) is 8.92. The van der Waals surface area contributed by atoms with Crippen LogP contribution < -0.4 is 4.72 Å². The van der Waals surface area contributed by atoms with Crippen LogP contribution in [-0.2, 0) is 10.2 Å². The fraction of sp³-hybridized carbons (Fsp3) is 0.462. The van der Waals surface area contributed by atoms with Gasteiger partial charge >= 0.3 is 16.2 Å². The smallest absolute Gasteiger partial charge is 0.335 e. The number of aromatic carboxylic acids is 1. The van der Waals surface area contributed by atoms with Gasteiger partial charge in [-0.15, -0.1) is 0 Å². The normalized spacial score (nSPS) is 20.2. The lowest BCUT2D eigenvalue weighted by Gasteiger charge is -2.32. The maximum Gasteiger partial charge on any atom is 0.335 e. The van der Waals surface area contributed by atoms with E-state index in [2.05, 4.69) is 4.72 Å². The molecule has 0 amide bonds. The highest BCUT2D eigenvalue weighted by Crippen LogP contribution is 2.27. The minimum atomic E-state index is -3.69. The van der Waals surface area contributed by atoms with Crippen molar-refractivity contribution in [1.29, 1.82) is 0 Å². The van der Waals surface area contributed by atoms with Gasteiger partial charge in [-0.2, -0.15) is 12.7 Å². The Morgan fingerprint density at radius 3 is 2.71 bits per heavy atom. The number of piperidine rings is 1. The van der Waals surface area contributed by atoms with E-state index in [-0.39, 0.29) is 22.3 Å². The van der Waals surface area contributed by atoms with E-state index in [1.807, 2.05) is 6.92 Å². The average Bonchev–Trinajstić information content (AvgIpc) is 2.41. The minimum Gasteiger partial charge on any atom is -0.478 e. The van der Waals surface area contributed by atoms with Gasteiger partial charge in [0.15, 0.2) is 0 Å². The maximum absolute atomic E-state index is 12.4. The van der Waals surface area contributed by atoms with Crippen molar-refractivity contribution in [2.24, 2.45) is 0 Å². The summed E-state index contributed by atoms with van der Waals surface area (Å²) in [6, 6.07) is 3.83. The highest BCUT2D eigenvalue weighted by molar-refractivity contribution is 7.90. The molecule has 21 heavy (non-hydrogen) atoms. The number of carboxylic acid groups (broad SMARTS) is 1. The van der Waals surface area contributed by atoms with Crippen molar-refractivity contribution in [2.75, 3.05) is 11.3 Å². The van der Waals surface area contributed by atoms with Crippen LogP contribution in [0.1, 0.15) is 36.5 Å². The van der Waals surface area contributed by atoms with Gasteiger partial charge in [-0.3, -0.25) is 4.72 Å². The van der Waals surface area contributed by atoms with Crippen molar-refractivity contribution in [3.05, 3.63) is 28.8 Å². The van der Waals surface area contributed by atoms with Crippen molar-refractivity contribution in [1.82, 2.24) is 4.31 Å². The molecule has 1 heterocycles. The van der Waals surface area contributed by atoms with E-state index in [9.17, 15) is 13.2 Å². The fourth-order valence-electron chi connectivity index (χ4n) is 2.36. The molecule has 0 spiro atoms. The van der Waals surface area contributed by atoms with E-state index in [1.165, 1.54) is 22.5 Å². The van der Waals surface area contributed by atoms with Gasteiger partial charge in [-0.1, -0.05) is 18.0 Å². The summed E-state index contributed by atoms with van der Waals surface area (Å²) in [5.41, 5.74) is 0.189. The first-order valence-electron chi connectivity index (χ1n) is 6.63. The number of nitrogens with zero attached hydrogens (tertiary/aromatic N) is 1. The molecule has 1 atom stereocenters. The van der Waals surface area contributed by atoms with E-state index in [0.29, 0.717) is 6.54 Å². The Hall–Kier alpha value is -1.31. The Morgan fingerprint density at radius 1 is 1.43 bits per heavy atom. The molecule has 1 saturated heterocycles. The maximum atomic E-state index is 12.4. The van der Waals surface area contributed by atoms with Gasteiger partial charge in [0.1, 0.15) is 0 Å². The van der Waals surface area contributed by atoms with Gasteiger partial charge in [0.2, 0.25) is 0 Å². The van der Waals surface area contributed by atoms with E-state index in [1.54, 1.807) is 0 Å². The molecule has 1 unspecified atom stereocenters. The molecule has 2 rings (SSSR count). The van der Waals surface area contributed by atoms with Gasteiger partial charge in [-0.05, 0) is 38.0 Å². The first-order valence-corrected chi connectivity index (χ1v) is 8.45. The third-order valence-corrected chi connectivity index (χ3v) is 5.46. The molecule has 0 aromatic heterocycles. The molecule has 1 aliphatic rings. The number of nitrogens with one attached hydrogen (secondary N) is 1. The number of rotatable bonds is 4. The second-order valence-corrected chi connectivity index (χ2v) is 7.09. The third kappa shape index (κ3) is 3.66. The number of carboxylic acids is 1. The lowest BCUT2D eigenvalue weighted by atomic mass is 10.1. The summed E-state index contributed by atoms with van der Waals surface area (Å²) < 4.78 is 28.6. The van der Waals surface area contributed by atoms with Crippen molar-refractivity contribution in [3.63, 3.8) is 0 Å². The molecule has 0 radical (unpaired) electrons. The highest BCUT2D eigenvalue weighted by atomic mass is 35.5. The largest absolute Gasteiger partial charge is 0.478 e. The molecule has 8 heteroatoms. The van der Waals surface area contributed by atoms with Crippen LogP contribution in [0.25, 0.3) is 0 Å². The molecule has 1 aliphatic heterocycles. The highest BCUT2D eigenvalue weighted by Gasteiger charge is 2.29. The lowest BCUT2D eigenvalue weighted by molar-refractivity contribution is 0.0697. The van der Waals surface area contributed by atoms with Crippen LogP contribution in [0.5, 0.6) is 0 Å². The van der Waals surface area contributed by atoms with Crippen LogP contribution >= 0.6 is 11.6 Å². The number of anilines is 1. The number of benzene rings is 1. The molecular weight excluding hydrogens is 316 g/mol. The predicted molar refractivity (Wildman–Crippen MR) is 81.0 cm³/mol. The number of carbonyl (C=O) groups is 1. The quantitative estimate of drug-likeness (QED) is 0.887. The summed E-state index contributed by atoms with van der Waals surface area (Å²) in [6.45, 7) is 2.34. The average molecular weight is 333 g/mol. The Kier molecular flexibility index (Phi) is 4.75. The molecule has 0 aliphatic carbocycles. The Balaban J connectivity index is 2.22. The lowest BCUT2D eigenvalue weighted by Crippen LogP contribution is -2.44. The first-order chi connectivity index (χ1) is 9.81. The third-order valence-electron chi connectivity index (χ3n) is 3.51. The van der Waals surface area contributed by atoms with E-state index in [4.69, 9.17) is 16.7 Å². The van der Waals surface area contributed by atoms with Crippen LogP contribution in [0.15, 0.2) is 18.2 Å². The summed E-state index contributed by atoms with van der Waals surface area (Å²) >= 11 is 5.95. The van der Waals surface area contributed by atoms with Crippen LogP contribution in [0.3, 0.4) is 0 Å². The summed E-state index contributed by atoms with van der Waals surface area (Å²) in [4.78, 5) is 10.8. The minimum absolute atomic E-state index is 0.00860. The number of halogens is 1. The topological polar surface area (TPSA) is 86.7 Å². The van der Waals surface area contributed by atoms with Crippen LogP contribution in [-0.4, -0.2) is 36.4 Å². The van der Waals surface area contributed by atoms with E-state index in [0.717, 1.165) is 19.3 Å². The van der Waals surface area contributed by atoms with Crippen LogP contribution in [0.2, 0.25) is 5.02 Å². The number of hydrogen-bond acceptors (Lipinski definition) is 3. The van der Waals surface area contributed by atoms with Gasteiger partial charge in [0.25, 0.3) is 0 Å². The van der Waals surface area contributed by atoms with Gasteiger partial charge in [-0.25, -0.2) is 4.79 Å². The molecule has 1 fully saturated rings. The van der Waals surface area contributed by atoms with Crippen LogP contribution in [0.4, 0.5) is 5.69 Å². The fourth-order valence-corrected chi connectivity index (χ4v) is 4.16.